The van der Waals surface area contributed by atoms with Crippen LogP contribution in [0.5, 0.6) is 11.5 Å². The molecule has 2 nitrogen and oxygen atoms in total. The molecule has 0 fully saturated rings. The van der Waals surface area contributed by atoms with E-state index in [2.05, 4.69) is 0 Å². The van der Waals surface area contributed by atoms with Crippen molar-refractivity contribution < 1.29 is 13.9 Å². The molecular formula is C15H13FO2. The largest absolute Gasteiger partial charge is 0.454 e. The first-order valence-electron chi connectivity index (χ1n) is 5.60. The summed E-state index contributed by atoms with van der Waals surface area (Å²) in [6, 6.07) is 9.73. The van der Waals surface area contributed by atoms with Crippen molar-refractivity contribution in [2.24, 2.45) is 0 Å². The Kier molecular flexibility index (Phi) is 3.42. The summed E-state index contributed by atoms with van der Waals surface area (Å²) in [6.07, 6.45) is 0.583. The molecule has 0 unspecified atom stereocenters. The Bertz CT molecular complexity index is 591. The second kappa shape index (κ2) is 5.00. The smallest absolute Gasteiger partial charge is 0.173 e. The second-order valence-corrected chi connectivity index (χ2v) is 4.12. The van der Waals surface area contributed by atoms with Crippen molar-refractivity contribution in [2.75, 3.05) is 0 Å². The molecule has 0 bridgehead atoms. The van der Waals surface area contributed by atoms with Crippen molar-refractivity contribution in [3.8, 4) is 11.5 Å². The van der Waals surface area contributed by atoms with Crippen molar-refractivity contribution in [3.63, 3.8) is 0 Å². The van der Waals surface area contributed by atoms with Gasteiger partial charge in [-0.15, -0.1) is 0 Å². The predicted molar refractivity (Wildman–Crippen MR) is 67.8 cm³/mol. The molecule has 0 saturated carbocycles. The van der Waals surface area contributed by atoms with Gasteiger partial charge < -0.3 is 4.74 Å². The first-order chi connectivity index (χ1) is 8.61. The summed E-state index contributed by atoms with van der Waals surface area (Å²) in [4.78, 5) is 10.8. The average molecular weight is 244 g/mol. The second-order valence-electron chi connectivity index (χ2n) is 4.12. The molecule has 2 rings (SSSR count). The molecule has 2 aromatic rings. The summed E-state index contributed by atoms with van der Waals surface area (Å²) in [5.41, 5.74) is 2.39. The summed E-state index contributed by atoms with van der Waals surface area (Å²) >= 11 is 0. The molecule has 92 valence electrons. The highest BCUT2D eigenvalue weighted by molar-refractivity contribution is 5.79. The molecule has 0 aliphatic rings. The third-order valence-corrected chi connectivity index (χ3v) is 2.82. The third kappa shape index (κ3) is 2.40. The number of carbonyl (C=O) groups excluding carboxylic acids is 1. The van der Waals surface area contributed by atoms with E-state index in [1.165, 1.54) is 18.2 Å². The molecule has 18 heavy (non-hydrogen) atoms. The van der Waals surface area contributed by atoms with Gasteiger partial charge in [-0.25, -0.2) is 4.39 Å². The van der Waals surface area contributed by atoms with Crippen LogP contribution in [0.1, 0.15) is 21.5 Å². The molecule has 0 amide bonds. The van der Waals surface area contributed by atoms with Crippen LogP contribution in [0.25, 0.3) is 0 Å². The minimum atomic E-state index is -0.544. The molecule has 0 N–H and O–H groups in total. The van der Waals surface area contributed by atoms with E-state index in [-0.39, 0.29) is 11.3 Å². The lowest BCUT2D eigenvalue weighted by Crippen LogP contribution is -1.94. The van der Waals surface area contributed by atoms with Gasteiger partial charge in [-0.3, -0.25) is 4.79 Å². The Morgan fingerprint density at radius 3 is 2.56 bits per heavy atom. The number of benzene rings is 2. The van der Waals surface area contributed by atoms with Gasteiger partial charge in [-0.1, -0.05) is 12.1 Å². The Labute approximate surface area is 105 Å². The fourth-order valence-electron chi connectivity index (χ4n) is 1.62. The molecule has 2 aromatic carbocycles. The third-order valence-electron chi connectivity index (χ3n) is 2.82. The lowest BCUT2D eigenvalue weighted by atomic mass is 10.1. The van der Waals surface area contributed by atoms with Crippen molar-refractivity contribution >= 4 is 6.29 Å². The number of para-hydroxylation sites is 1. The molecule has 0 heterocycles. The van der Waals surface area contributed by atoms with E-state index >= 15 is 0 Å². The Hall–Kier alpha value is -2.16. The molecule has 3 heteroatoms. The molecule has 0 aliphatic heterocycles. The predicted octanol–water partition coefficient (Wildman–Crippen LogP) is 4.05. The summed E-state index contributed by atoms with van der Waals surface area (Å²) in [6.45, 7) is 3.93. The molecule has 0 aliphatic carbocycles. The quantitative estimate of drug-likeness (QED) is 0.761. The van der Waals surface area contributed by atoms with Crippen LogP contribution < -0.4 is 4.74 Å². The number of rotatable bonds is 3. The van der Waals surface area contributed by atoms with Gasteiger partial charge >= 0.3 is 0 Å². The average Bonchev–Trinajstić information content (AvgIpc) is 2.36. The van der Waals surface area contributed by atoms with Crippen LogP contribution in [0.3, 0.4) is 0 Å². The number of aryl methyl sites for hydroxylation is 2. The van der Waals surface area contributed by atoms with E-state index in [1.54, 1.807) is 6.07 Å². The van der Waals surface area contributed by atoms with Crippen molar-refractivity contribution in [1.82, 2.24) is 0 Å². The van der Waals surface area contributed by atoms with Gasteiger partial charge in [0.1, 0.15) is 5.75 Å². The van der Waals surface area contributed by atoms with E-state index in [0.29, 0.717) is 12.0 Å². The zero-order valence-corrected chi connectivity index (χ0v) is 10.2. The number of halogens is 1. The van der Waals surface area contributed by atoms with Crippen LogP contribution in [0, 0.1) is 19.7 Å². The maximum atomic E-state index is 13.6. The fourth-order valence-corrected chi connectivity index (χ4v) is 1.62. The monoisotopic (exact) mass is 244 g/mol. The van der Waals surface area contributed by atoms with Gasteiger partial charge in [0.15, 0.2) is 17.9 Å². The minimum absolute atomic E-state index is 0.0317. The van der Waals surface area contributed by atoms with Crippen LogP contribution in [-0.4, -0.2) is 6.29 Å². The molecule has 0 atom stereocenters. The van der Waals surface area contributed by atoms with Gasteiger partial charge in [0.25, 0.3) is 0 Å². The number of hydrogen-bond acceptors (Lipinski definition) is 2. The molecule has 0 radical (unpaired) electrons. The zero-order valence-electron chi connectivity index (χ0n) is 10.2. The summed E-state index contributed by atoms with van der Waals surface area (Å²) in [5.74, 6) is -0.0557. The van der Waals surface area contributed by atoms with Crippen LogP contribution in [0.2, 0.25) is 0 Å². The molecule has 0 spiro atoms. The normalized spacial score (nSPS) is 10.2. The van der Waals surface area contributed by atoms with Crippen molar-refractivity contribution in [3.05, 3.63) is 58.9 Å². The molecule has 0 aromatic heterocycles. The van der Waals surface area contributed by atoms with E-state index in [4.69, 9.17) is 4.74 Å². The Morgan fingerprint density at radius 1 is 1.11 bits per heavy atom. The fraction of sp³-hybridized carbons (Fsp3) is 0.133. The lowest BCUT2D eigenvalue weighted by molar-refractivity contribution is 0.112. The van der Waals surface area contributed by atoms with Crippen LogP contribution in [0.15, 0.2) is 36.4 Å². The van der Waals surface area contributed by atoms with E-state index in [9.17, 15) is 9.18 Å². The molecular weight excluding hydrogens is 231 g/mol. The summed E-state index contributed by atoms with van der Waals surface area (Å²) < 4.78 is 19.1. The number of aldehydes is 1. The first kappa shape index (κ1) is 12.3. The summed E-state index contributed by atoms with van der Waals surface area (Å²) in [7, 11) is 0. The highest BCUT2D eigenvalue weighted by Gasteiger charge is 2.10. The van der Waals surface area contributed by atoms with Gasteiger partial charge in [0.2, 0.25) is 0 Å². The lowest BCUT2D eigenvalue weighted by Gasteiger charge is -2.10. The standard InChI is InChI=1S/C15H13FO2/c1-10-6-7-13(8-11(10)2)18-15-12(9-17)4-3-5-14(15)16/h3-9H,1-2H3. The van der Waals surface area contributed by atoms with Crippen LogP contribution >= 0.6 is 0 Å². The first-order valence-corrected chi connectivity index (χ1v) is 5.60. The summed E-state index contributed by atoms with van der Waals surface area (Å²) in [5, 5.41) is 0. The zero-order chi connectivity index (χ0) is 13.1. The number of hydrogen-bond donors (Lipinski definition) is 0. The van der Waals surface area contributed by atoms with Crippen LogP contribution in [0.4, 0.5) is 4.39 Å². The highest BCUT2D eigenvalue weighted by Crippen LogP contribution is 2.28. The van der Waals surface area contributed by atoms with Crippen molar-refractivity contribution in [1.29, 1.82) is 0 Å². The maximum Gasteiger partial charge on any atom is 0.173 e. The number of carbonyl (C=O) groups is 1. The Morgan fingerprint density at radius 2 is 1.89 bits per heavy atom. The van der Waals surface area contributed by atoms with E-state index in [1.807, 2.05) is 26.0 Å². The van der Waals surface area contributed by atoms with Gasteiger partial charge in [0, 0.05) is 0 Å². The SMILES string of the molecule is Cc1ccc(Oc2c(F)cccc2C=O)cc1C. The minimum Gasteiger partial charge on any atom is -0.454 e. The van der Waals surface area contributed by atoms with Gasteiger partial charge in [0.05, 0.1) is 5.56 Å². The topological polar surface area (TPSA) is 26.3 Å². The number of ether oxygens (including phenoxy) is 1. The molecule has 0 saturated heterocycles. The van der Waals surface area contributed by atoms with Gasteiger partial charge in [-0.05, 0) is 49.2 Å². The van der Waals surface area contributed by atoms with E-state index < -0.39 is 5.82 Å². The maximum absolute atomic E-state index is 13.6. The van der Waals surface area contributed by atoms with E-state index in [0.717, 1.165) is 11.1 Å². The van der Waals surface area contributed by atoms with Crippen molar-refractivity contribution in [2.45, 2.75) is 13.8 Å². The van der Waals surface area contributed by atoms with Gasteiger partial charge in [-0.2, -0.15) is 0 Å². The van der Waals surface area contributed by atoms with Crippen LogP contribution in [-0.2, 0) is 0 Å². The highest BCUT2D eigenvalue weighted by atomic mass is 19.1. The Balaban J connectivity index is 2.39.